The molecule has 1 aliphatic heterocycles. The highest BCUT2D eigenvalue weighted by atomic mass is 19.4. The predicted molar refractivity (Wildman–Crippen MR) is 161 cm³/mol. The Morgan fingerprint density at radius 2 is 1.42 bits per heavy atom. The van der Waals surface area contributed by atoms with Crippen molar-refractivity contribution in [3.05, 3.63) is 76.3 Å². The van der Waals surface area contributed by atoms with Crippen molar-refractivity contribution >= 4 is 17.8 Å². The fourth-order valence-corrected chi connectivity index (χ4v) is 4.24. The maximum atomic E-state index is 13.4. The van der Waals surface area contributed by atoms with Crippen molar-refractivity contribution in [2.45, 2.75) is 32.2 Å². The van der Waals surface area contributed by atoms with E-state index >= 15 is 0 Å². The monoisotopic (exact) mass is 754 g/mol. The van der Waals surface area contributed by atoms with Gasteiger partial charge in [-0.2, -0.15) is 31.3 Å². The van der Waals surface area contributed by atoms with E-state index in [9.17, 15) is 44.3 Å². The molecule has 0 radical (unpaired) electrons. The molecule has 1 aromatic carbocycles. The number of nitrogens with zero attached hydrogens (tertiary/aromatic N) is 6. The minimum absolute atomic E-state index is 0.0159. The summed E-state index contributed by atoms with van der Waals surface area (Å²) in [6.45, 7) is 5.88. The van der Waals surface area contributed by atoms with E-state index in [-0.39, 0.29) is 28.6 Å². The molecule has 282 valence electrons. The van der Waals surface area contributed by atoms with Gasteiger partial charge >= 0.3 is 30.7 Å². The molecule has 1 aliphatic rings. The van der Waals surface area contributed by atoms with E-state index in [1.165, 1.54) is 12.1 Å². The maximum absolute atomic E-state index is 13.4. The molecule has 22 heteroatoms. The number of ether oxygens (including phenoxy) is 1. The number of likely N-dealkylation sites (N-methyl/N-ethyl adjacent to an activating group) is 1. The molecular weight excluding hydrogens is 727 g/mol. The van der Waals surface area contributed by atoms with Crippen LogP contribution in [0.5, 0.6) is 5.75 Å². The van der Waals surface area contributed by atoms with E-state index < -0.39 is 30.7 Å². The zero-order valence-electron chi connectivity index (χ0n) is 26.8. The fraction of sp³-hybridized carbons (Fsp3) is 0.333. The number of benzene rings is 1. The van der Waals surface area contributed by atoms with Gasteiger partial charge in [0.05, 0.1) is 6.54 Å². The third-order valence-corrected chi connectivity index (χ3v) is 6.86. The summed E-state index contributed by atoms with van der Waals surface area (Å²) in [5.74, 6) is -4.85. The summed E-state index contributed by atoms with van der Waals surface area (Å²) in [6, 6.07) is 12.4. The molecule has 1 fully saturated rings. The van der Waals surface area contributed by atoms with Crippen LogP contribution >= 0.6 is 0 Å². The molecule has 0 amide bonds. The number of hydrogen-bond acceptors (Lipinski definition) is 10. The molecule has 0 saturated carbocycles. The summed E-state index contributed by atoms with van der Waals surface area (Å²) in [5, 5.41) is 18.1. The number of alkyl halides is 9. The number of halogens is 9. The molecule has 0 unspecified atom stereocenters. The molecule has 0 spiro atoms. The number of aliphatic carboxylic acids is 2. The number of aromatic nitrogens is 4. The zero-order chi connectivity index (χ0) is 39.0. The van der Waals surface area contributed by atoms with Crippen molar-refractivity contribution in [1.29, 1.82) is 0 Å². The van der Waals surface area contributed by atoms with E-state index in [1.807, 2.05) is 19.1 Å². The molecule has 4 heterocycles. The van der Waals surface area contributed by atoms with Crippen LogP contribution in [0.4, 0.5) is 45.3 Å². The molecule has 0 bridgehead atoms. The van der Waals surface area contributed by atoms with Gasteiger partial charge in [0.25, 0.3) is 11.4 Å². The van der Waals surface area contributed by atoms with Gasteiger partial charge < -0.3 is 33.8 Å². The van der Waals surface area contributed by atoms with Crippen LogP contribution in [0, 0.1) is 6.92 Å². The average Bonchev–Trinajstić information content (AvgIpc) is 3.53. The van der Waals surface area contributed by atoms with Crippen LogP contribution in [0.2, 0.25) is 0 Å². The van der Waals surface area contributed by atoms with E-state index in [1.54, 1.807) is 22.9 Å². The van der Waals surface area contributed by atoms with Gasteiger partial charge in [0, 0.05) is 43.6 Å². The topological polar surface area (TPSA) is 164 Å². The van der Waals surface area contributed by atoms with E-state index in [0.717, 1.165) is 55.4 Å². The van der Waals surface area contributed by atoms with Gasteiger partial charge in [-0.1, -0.05) is 5.16 Å². The smallest absolute Gasteiger partial charge is 0.475 e. The number of aryl methyl sites for hydroxylation is 1. The minimum Gasteiger partial charge on any atom is -0.475 e. The second-order valence-electron chi connectivity index (χ2n) is 10.7. The molecular formula is C30H27F9N6O7. The molecule has 3 aromatic heterocycles. The third kappa shape index (κ3) is 12.0. The lowest BCUT2D eigenvalue weighted by atomic mass is 10.2. The van der Waals surface area contributed by atoms with Gasteiger partial charge in [0.15, 0.2) is 0 Å². The summed E-state index contributed by atoms with van der Waals surface area (Å²) < 4.78 is 112. The van der Waals surface area contributed by atoms with Crippen molar-refractivity contribution in [3.8, 4) is 28.6 Å². The first kappa shape index (κ1) is 40.8. The Morgan fingerprint density at radius 3 is 1.94 bits per heavy atom. The number of piperazine rings is 1. The summed E-state index contributed by atoms with van der Waals surface area (Å²) in [5.41, 5.74) is 2.03. The SMILES string of the molecule is Cc1ccc(-c2nc(-c3ccc(OC(F)(F)F)cc3)no2)c(=O)n1Cc1ccnc(N2CCN(C)CC2)c1.O=C(O)C(F)(F)F.O=C(O)C(F)(F)F. The normalized spacial score (nSPS) is 13.7. The molecule has 2 N–H and O–H groups in total. The van der Waals surface area contributed by atoms with Gasteiger partial charge in [-0.15, -0.1) is 13.2 Å². The molecule has 1 saturated heterocycles. The summed E-state index contributed by atoms with van der Waals surface area (Å²) in [6.07, 6.45) is -13.2. The minimum atomic E-state index is -5.08. The molecule has 0 atom stereocenters. The van der Waals surface area contributed by atoms with Gasteiger partial charge in [0.2, 0.25) is 5.82 Å². The average molecular weight is 755 g/mol. The molecule has 5 rings (SSSR count). The van der Waals surface area contributed by atoms with Gasteiger partial charge in [0.1, 0.15) is 17.1 Å². The first-order valence-electron chi connectivity index (χ1n) is 14.4. The number of carbonyl (C=O) groups is 2. The number of anilines is 1. The first-order valence-corrected chi connectivity index (χ1v) is 14.4. The van der Waals surface area contributed by atoms with Crippen LogP contribution in [0.15, 0.2) is 64.0 Å². The number of pyridine rings is 2. The highest BCUT2D eigenvalue weighted by molar-refractivity contribution is 5.73. The quantitative estimate of drug-likeness (QED) is 0.247. The first-order chi connectivity index (χ1) is 24.0. The van der Waals surface area contributed by atoms with Gasteiger partial charge in [-0.25, -0.2) is 14.6 Å². The number of hydrogen-bond donors (Lipinski definition) is 2. The largest absolute Gasteiger partial charge is 0.573 e. The summed E-state index contributed by atoms with van der Waals surface area (Å²) >= 11 is 0. The standard InChI is InChI=1S/C26H25F3N6O3.2C2HF3O2/c1-17-3-8-21(24-31-23(32-38-24)19-4-6-20(7-5-19)37-26(27,28)29)25(36)35(17)16-18-9-10-30-22(15-18)34-13-11-33(2)12-14-34;2*3-2(4,5)1(6)7/h3-10,15H,11-14,16H2,1-2H3;2*(H,6,7). The maximum Gasteiger partial charge on any atom is 0.573 e. The predicted octanol–water partition coefficient (Wildman–Crippen LogP) is 5.23. The number of carboxylic acid groups (broad SMARTS) is 2. The van der Waals surface area contributed by atoms with Gasteiger partial charge in [-0.05, 0) is 68.1 Å². The Kier molecular flexibility index (Phi) is 13.0. The highest BCUT2D eigenvalue weighted by Gasteiger charge is 2.39. The highest BCUT2D eigenvalue weighted by Crippen LogP contribution is 2.27. The van der Waals surface area contributed by atoms with Crippen LogP contribution in [-0.4, -0.2) is 98.7 Å². The van der Waals surface area contributed by atoms with Crippen molar-refractivity contribution in [3.63, 3.8) is 0 Å². The number of rotatable bonds is 6. The summed E-state index contributed by atoms with van der Waals surface area (Å²) in [4.78, 5) is 44.5. The Hall–Kier alpha value is -5.67. The van der Waals surface area contributed by atoms with Crippen LogP contribution < -0.4 is 15.2 Å². The van der Waals surface area contributed by atoms with Crippen molar-refractivity contribution in [2.24, 2.45) is 0 Å². The van der Waals surface area contributed by atoms with Crippen molar-refractivity contribution < 1.29 is 68.6 Å². The number of carboxylic acids is 2. The lowest BCUT2D eigenvalue weighted by Crippen LogP contribution is -2.44. The zero-order valence-corrected chi connectivity index (χ0v) is 26.8. The lowest BCUT2D eigenvalue weighted by Gasteiger charge is -2.33. The van der Waals surface area contributed by atoms with Crippen LogP contribution in [0.1, 0.15) is 11.3 Å². The second kappa shape index (κ2) is 16.6. The lowest BCUT2D eigenvalue weighted by molar-refractivity contribution is -0.274. The molecule has 4 aromatic rings. The Bertz CT molecular complexity index is 1860. The van der Waals surface area contributed by atoms with Crippen LogP contribution in [0.25, 0.3) is 22.8 Å². The van der Waals surface area contributed by atoms with Gasteiger partial charge in [-0.3, -0.25) is 4.79 Å². The molecule has 52 heavy (non-hydrogen) atoms. The van der Waals surface area contributed by atoms with E-state index in [0.29, 0.717) is 12.1 Å². The van der Waals surface area contributed by atoms with Crippen LogP contribution in [0.3, 0.4) is 0 Å². The molecule has 0 aliphatic carbocycles. The van der Waals surface area contributed by atoms with E-state index in [4.69, 9.17) is 24.3 Å². The second-order valence-corrected chi connectivity index (χ2v) is 10.7. The third-order valence-electron chi connectivity index (χ3n) is 6.86. The van der Waals surface area contributed by atoms with E-state index in [2.05, 4.69) is 36.7 Å². The Balaban J connectivity index is 0.000000441. The fourth-order valence-electron chi connectivity index (χ4n) is 4.24. The Morgan fingerprint density at radius 1 is 0.865 bits per heavy atom. The van der Waals surface area contributed by atoms with Crippen LogP contribution in [-0.2, 0) is 16.1 Å². The van der Waals surface area contributed by atoms with Crippen molar-refractivity contribution in [2.75, 3.05) is 38.1 Å². The Labute approximate surface area is 286 Å². The summed E-state index contributed by atoms with van der Waals surface area (Å²) in [7, 11) is 2.10. The molecule has 13 nitrogen and oxygen atoms in total. The van der Waals surface area contributed by atoms with Crippen molar-refractivity contribution in [1.82, 2.24) is 24.6 Å².